The van der Waals surface area contributed by atoms with E-state index >= 15 is 0 Å². The minimum absolute atomic E-state index is 0. The van der Waals surface area contributed by atoms with E-state index in [0.29, 0.717) is 22.6 Å². The van der Waals surface area contributed by atoms with Crippen LogP contribution in [-0.2, 0) is 20.4 Å². The number of carbonyl (C=O) groups is 2. The van der Waals surface area contributed by atoms with Crippen LogP contribution in [0.25, 0.3) is 11.1 Å². The predicted octanol–water partition coefficient (Wildman–Crippen LogP) is 18.4. The number of rotatable bonds is 14. The first kappa shape index (κ1) is 85.1. The Hall–Kier alpha value is -10.8. The van der Waals surface area contributed by atoms with Crippen molar-refractivity contribution < 1.29 is 58.3 Å². The van der Waals surface area contributed by atoms with E-state index in [0.717, 1.165) is 21.7 Å². The molecule has 0 fully saturated rings. The van der Waals surface area contributed by atoms with Gasteiger partial charge >= 0.3 is 7.12 Å². The molecule has 0 bridgehead atoms. The van der Waals surface area contributed by atoms with Gasteiger partial charge in [-0.1, -0.05) is 410 Å². The zero-order valence-corrected chi connectivity index (χ0v) is 69.2. The third-order valence-corrected chi connectivity index (χ3v) is 28.0. The molecule has 6 nitrogen and oxygen atoms in total. The molecule has 2 aliphatic heterocycles. The second kappa shape index (κ2) is 45.3. The fourth-order valence-electron chi connectivity index (χ4n) is 12.4. The molecule has 0 spiro atoms. The molecule has 18 rings (SSSR count). The minimum Gasteiger partial charge on any atom is -0.485 e. The van der Waals surface area contributed by atoms with Crippen molar-refractivity contribution in [3.63, 3.8) is 0 Å². The van der Waals surface area contributed by atoms with E-state index < -0.39 is 44.6 Å². The average molecular weight is 1740 g/mol. The van der Waals surface area contributed by atoms with Crippen molar-refractivity contribution in [2.24, 2.45) is 0 Å². The summed E-state index contributed by atoms with van der Waals surface area (Å²) in [6.07, 6.45) is 0. The Balaban J connectivity index is 0.000000133. The van der Waals surface area contributed by atoms with E-state index in [1.807, 2.05) is 18.2 Å². The van der Waals surface area contributed by atoms with Crippen molar-refractivity contribution in [1.82, 2.24) is 0 Å². The van der Waals surface area contributed by atoms with Crippen molar-refractivity contribution >= 4 is 135 Å². The van der Waals surface area contributed by atoms with Gasteiger partial charge in [-0.05, 0) is 167 Å². The molecule has 115 heavy (non-hydrogen) atoms. The molecule has 570 valence electrons. The zero-order chi connectivity index (χ0) is 78.9. The Morgan fingerprint density at radius 2 is 0.487 bits per heavy atom. The number of benzene rings is 16. The average Bonchev–Trinajstić information content (AvgIpc) is 1.81. The SMILES string of the molecule is O=C1COc2ccc(-c3cccc(F)c3)cc21.O=C1COc2ccc(Br)cc21.OB(O)c1cccc(F)c1.[Pd].c1ccc(P(c2ccccc2)c2ccccc2)cc1.c1ccc(P(c2ccccc2)c2ccccc2)cc1.c1ccc(P(c2ccccc2)c2ccccc2)cc1.c1ccc(P(c2ccccc2)c2ccccc2)cc1. The van der Waals surface area contributed by atoms with Crippen molar-refractivity contribution in [2.45, 2.75) is 0 Å². The first-order valence-electron chi connectivity index (χ1n) is 37.0. The van der Waals surface area contributed by atoms with E-state index in [1.165, 1.54) is 94.0 Å². The van der Waals surface area contributed by atoms with Gasteiger partial charge in [-0.2, -0.15) is 0 Å². The van der Waals surface area contributed by atoms with Gasteiger partial charge in [0.25, 0.3) is 0 Å². The topological polar surface area (TPSA) is 93.1 Å². The molecule has 16 aromatic rings. The van der Waals surface area contributed by atoms with Crippen molar-refractivity contribution in [1.29, 1.82) is 0 Å². The second-order valence-electron chi connectivity index (χ2n) is 25.6. The summed E-state index contributed by atoms with van der Waals surface area (Å²) in [5.74, 6) is 0.573. The number of carbonyl (C=O) groups excluding carboxylic acids is 2. The maximum absolute atomic E-state index is 13.1. The first-order chi connectivity index (χ1) is 56.0. The number of ketones is 2. The van der Waals surface area contributed by atoms with Crippen LogP contribution in [-0.4, -0.2) is 41.9 Å². The van der Waals surface area contributed by atoms with Crippen LogP contribution in [0.2, 0.25) is 0 Å². The zero-order valence-electron chi connectivity index (χ0n) is 62.5. The molecule has 0 amide bonds. The number of fused-ring (bicyclic) bond motifs is 2. The standard InChI is InChI=1S/4C18H15P.C14H9FO2.C8H5BrO2.C6H6BFO2.Pd/c4*1-4-10-16(11-5-1)19(17-12-6-2-7-13-17)18-14-8-3-9-15-18;15-11-3-1-2-9(6-11)10-4-5-14-12(7-10)13(16)8-17-14;9-5-1-2-8-6(3-5)7(10)4-11-8;8-6-3-1-2-5(4-6)7(9)10;/h4*1-15H;1-7H,8H2;1-3H,4H2;1-4,9-10H;. The molecule has 0 unspecified atom stereocenters. The summed E-state index contributed by atoms with van der Waals surface area (Å²) in [6, 6.07) is 152. The Labute approximate surface area is 700 Å². The molecule has 0 saturated carbocycles. The van der Waals surface area contributed by atoms with Crippen LogP contribution in [0.1, 0.15) is 20.7 Å². The minimum atomic E-state index is -1.59. The van der Waals surface area contributed by atoms with E-state index in [4.69, 9.17) is 19.5 Å². The maximum atomic E-state index is 13.1. The van der Waals surface area contributed by atoms with Gasteiger partial charge in [0, 0.05) is 24.9 Å². The molecule has 16 aromatic carbocycles. The third kappa shape index (κ3) is 25.1. The van der Waals surface area contributed by atoms with Gasteiger partial charge in [-0.3, -0.25) is 9.59 Å². The number of Topliss-reactive ketones (excluding diaryl/α,β-unsaturated/α-hetero) is 2. The summed E-state index contributed by atoms with van der Waals surface area (Å²) in [7, 11) is -3.37. The molecule has 0 atom stereocenters. The fraction of sp³-hybridized carbons (Fsp3) is 0.0200. The normalized spacial score (nSPS) is 11.2. The predicted molar refractivity (Wildman–Crippen MR) is 482 cm³/mol. The Morgan fingerprint density at radius 1 is 0.261 bits per heavy atom. The van der Waals surface area contributed by atoms with Crippen molar-refractivity contribution in [3.05, 3.63) is 476 Å². The summed E-state index contributed by atoms with van der Waals surface area (Å²) in [5.41, 5.74) is 3.00. The monoisotopic (exact) mass is 1730 g/mol. The fourth-order valence-corrected chi connectivity index (χ4v) is 22.0. The van der Waals surface area contributed by atoms with Crippen LogP contribution in [0.4, 0.5) is 8.78 Å². The van der Waals surface area contributed by atoms with Gasteiger partial charge in [0.15, 0.2) is 13.2 Å². The van der Waals surface area contributed by atoms with Crippen LogP contribution in [0.15, 0.2) is 453 Å². The summed E-state index contributed by atoms with van der Waals surface area (Å²) in [6.45, 7) is 0.285. The van der Waals surface area contributed by atoms with Gasteiger partial charge in [0.05, 0.1) is 11.1 Å². The van der Waals surface area contributed by atoms with Crippen molar-refractivity contribution in [3.8, 4) is 22.6 Å². The van der Waals surface area contributed by atoms with Crippen molar-refractivity contribution in [2.75, 3.05) is 13.2 Å². The molecule has 2 heterocycles. The third-order valence-electron chi connectivity index (χ3n) is 17.7. The molecule has 0 saturated heterocycles. The van der Waals surface area contributed by atoms with Gasteiger partial charge in [0.2, 0.25) is 11.6 Å². The summed E-state index contributed by atoms with van der Waals surface area (Å²) >= 11 is 3.28. The first-order valence-corrected chi connectivity index (χ1v) is 43.1. The molecular weight excluding hydrogens is 1660 g/mol. The van der Waals surface area contributed by atoms with Crippen LogP contribution < -0.4 is 78.6 Å². The van der Waals surface area contributed by atoms with Gasteiger partial charge in [0.1, 0.15) is 23.1 Å². The van der Waals surface area contributed by atoms with E-state index in [2.05, 4.69) is 380 Å². The smallest absolute Gasteiger partial charge is 0.485 e. The molecule has 0 aromatic heterocycles. The van der Waals surface area contributed by atoms with Gasteiger partial charge in [-0.25, -0.2) is 8.78 Å². The number of halogens is 3. The molecule has 0 aliphatic carbocycles. The number of ether oxygens (including phenoxy) is 2. The Bertz CT molecular complexity index is 4720. The van der Waals surface area contributed by atoms with E-state index in [9.17, 15) is 18.4 Å². The van der Waals surface area contributed by atoms with Crippen LogP contribution in [0.3, 0.4) is 0 Å². The summed E-state index contributed by atoms with van der Waals surface area (Å²) < 4.78 is 36.6. The molecule has 2 N–H and O–H groups in total. The van der Waals surface area contributed by atoms with Crippen LogP contribution in [0, 0.1) is 11.6 Å². The molecule has 15 heteroatoms. The van der Waals surface area contributed by atoms with Crippen LogP contribution in [0.5, 0.6) is 11.5 Å². The Kier molecular flexibility index (Phi) is 33.5. The van der Waals surface area contributed by atoms with E-state index in [-0.39, 0.29) is 56.5 Å². The molecular formula is C100H80BBrF2O6P4Pd. The second-order valence-corrected chi connectivity index (χ2v) is 35.4. The molecule has 2 aliphatic rings. The van der Waals surface area contributed by atoms with Gasteiger partial charge < -0.3 is 19.5 Å². The van der Waals surface area contributed by atoms with Crippen LogP contribution >= 0.6 is 47.6 Å². The van der Waals surface area contributed by atoms with E-state index in [1.54, 1.807) is 30.3 Å². The molecule has 0 radical (unpaired) electrons. The quantitative estimate of drug-likeness (QED) is 0.0832. The largest absolute Gasteiger partial charge is 0.488 e. The van der Waals surface area contributed by atoms with Gasteiger partial charge in [-0.15, -0.1) is 0 Å². The summed E-state index contributed by atoms with van der Waals surface area (Å²) in [5, 5.41) is 33.9. The number of hydrogen-bond donors (Lipinski definition) is 2. The maximum Gasteiger partial charge on any atom is 0.488 e. The number of hydrogen-bond acceptors (Lipinski definition) is 6. The Morgan fingerprint density at radius 3 is 0.722 bits per heavy atom. The summed E-state index contributed by atoms with van der Waals surface area (Å²) in [4.78, 5) is 22.6.